The average Bonchev–Trinajstić information content (AvgIpc) is 2.26. The predicted molar refractivity (Wildman–Crippen MR) is 66.2 cm³/mol. The van der Waals surface area contributed by atoms with Crippen LogP contribution in [0.3, 0.4) is 0 Å². The lowest BCUT2D eigenvalue weighted by atomic mass is 10.2. The zero-order chi connectivity index (χ0) is 11.3. The Kier molecular flexibility index (Phi) is 6.18. The van der Waals surface area contributed by atoms with E-state index in [1.54, 1.807) is 13.2 Å². The highest BCUT2D eigenvalue weighted by atomic mass is 35.5. The molecule has 1 heterocycles. The van der Waals surface area contributed by atoms with Gasteiger partial charge >= 0.3 is 0 Å². The molecule has 0 unspecified atom stereocenters. The van der Waals surface area contributed by atoms with Gasteiger partial charge in [-0.05, 0) is 12.1 Å². The molecule has 0 fully saturated rings. The maximum Gasteiger partial charge on any atom is 0.268 e. The van der Waals surface area contributed by atoms with Crippen molar-refractivity contribution in [2.24, 2.45) is 5.73 Å². The first-order valence-corrected chi connectivity index (χ1v) is 4.71. The summed E-state index contributed by atoms with van der Waals surface area (Å²) in [6, 6.07) is 5.71. The summed E-state index contributed by atoms with van der Waals surface area (Å²) >= 11 is 0. The molecule has 0 aliphatic rings. The number of hydrogen-bond acceptors (Lipinski definition) is 3. The minimum Gasteiger partial charge on any atom is -0.395 e. The number of likely N-dealkylation sites (N-methyl/N-ethyl adjacent to an activating group) is 1. The molecule has 0 aliphatic heterocycles. The van der Waals surface area contributed by atoms with Gasteiger partial charge in [0.15, 0.2) is 0 Å². The fourth-order valence-electron chi connectivity index (χ4n) is 1.17. The van der Waals surface area contributed by atoms with Crippen LogP contribution in [0.2, 0.25) is 0 Å². The lowest BCUT2D eigenvalue weighted by molar-refractivity contribution is -0.125. The largest absolute Gasteiger partial charge is 0.395 e. The van der Waals surface area contributed by atoms with Gasteiger partial charge in [-0.3, -0.25) is 9.78 Å². The summed E-state index contributed by atoms with van der Waals surface area (Å²) in [5, 5.41) is 0. The molecule has 2 N–H and O–H groups in total. The van der Waals surface area contributed by atoms with Crippen molar-refractivity contribution in [1.29, 1.82) is 0 Å². The molecule has 0 aliphatic carbocycles. The molecule has 5 heteroatoms. The summed E-state index contributed by atoms with van der Waals surface area (Å²) in [7, 11) is 1.70. The maximum atomic E-state index is 11.3. The third-order valence-electron chi connectivity index (χ3n) is 2.05. The van der Waals surface area contributed by atoms with Gasteiger partial charge < -0.3 is 10.6 Å². The molecule has 0 radical (unpaired) electrons. The van der Waals surface area contributed by atoms with Crippen LogP contribution in [0, 0.1) is 0 Å². The number of amides is 1. The van der Waals surface area contributed by atoms with Crippen molar-refractivity contribution in [2.75, 3.05) is 13.6 Å². The van der Waals surface area contributed by atoms with Crippen molar-refractivity contribution in [2.45, 2.75) is 6.42 Å². The summed E-state index contributed by atoms with van der Waals surface area (Å²) < 4.78 is 0. The Labute approximate surface area is 102 Å². The van der Waals surface area contributed by atoms with Crippen LogP contribution in [0.4, 0.5) is 0 Å². The molecular formula is C11H16ClN3O. The smallest absolute Gasteiger partial charge is 0.268 e. The maximum absolute atomic E-state index is 11.3. The van der Waals surface area contributed by atoms with Gasteiger partial charge in [0.05, 0.1) is 5.70 Å². The van der Waals surface area contributed by atoms with Gasteiger partial charge in [-0.1, -0.05) is 12.6 Å². The predicted octanol–water partition coefficient (Wildman–Crippen LogP) is 0.977. The second-order valence-electron chi connectivity index (χ2n) is 3.32. The lowest BCUT2D eigenvalue weighted by Crippen LogP contribution is -2.32. The van der Waals surface area contributed by atoms with Crippen molar-refractivity contribution in [1.82, 2.24) is 9.88 Å². The SMILES string of the molecule is C=C(N)C(=O)N(C)CCc1ccccn1.Cl. The van der Waals surface area contributed by atoms with Crippen LogP contribution in [-0.2, 0) is 11.2 Å². The minimum absolute atomic E-state index is 0. The average molecular weight is 242 g/mol. The molecule has 88 valence electrons. The van der Waals surface area contributed by atoms with E-state index in [-0.39, 0.29) is 24.0 Å². The monoisotopic (exact) mass is 241 g/mol. The van der Waals surface area contributed by atoms with Crippen LogP contribution in [0.5, 0.6) is 0 Å². The highest BCUT2D eigenvalue weighted by Crippen LogP contribution is 1.98. The summed E-state index contributed by atoms with van der Waals surface area (Å²) in [5.74, 6) is -0.231. The van der Waals surface area contributed by atoms with Gasteiger partial charge in [-0.2, -0.15) is 0 Å². The first kappa shape index (κ1) is 14.5. The number of aromatic nitrogens is 1. The fraction of sp³-hybridized carbons (Fsp3) is 0.273. The standard InChI is InChI=1S/C11H15N3O.ClH/c1-9(12)11(15)14(2)8-6-10-5-3-4-7-13-10;/h3-5,7H,1,6,8,12H2,2H3;1H. The molecule has 1 rings (SSSR count). The van der Waals surface area contributed by atoms with E-state index in [1.165, 1.54) is 4.90 Å². The molecule has 1 aromatic rings. The molecule has 0 saturated carbocycles. The van der Waals surface area contributed by atoms with Crippen molar-refractivity contribution in [3.63, 3.8) is 0 Å². The Morgan fingerprint density at radius 3 is 2.75 bits per heavy atom. The Hall–Kier alpha value is -1.55. The van der Waals surface area contributed by atoms with Crippen molar-refractivity contribution < 1.29 is 4.79 Å². The highest BCUT2D eigenvalue weighted by Gasteiger charge is 2.09. The second kappa shape index (κ2) is 6.85. The Balaban J connectivity index is 0.00000225. The van der Waals surface area contributed by atoms with Crippen molar-refractivity contribution >= 4 is 18.3 Å². The normalized spacial score (nSPS) is 9.06. The first-order valence-electron chi connectivity index (χ1n) is 4.71. The van der Waals surface area contributed by atoms with Gasteiger partial charge in [0.1, 0.15) is 0 Å². The Morgan fingerprint density at radius 1 is 1.56 bits per heavy atom. The number of nitrogens with two attached hydrogens (primary N) is 1. The van der Waals surface area contributed by atoms with E-state index in [0.717, 1.165) is 12.1 Å². The summed E-state index contributed by atoms with van der Waals surface area (Å²) in [6.07, 6.45) is 2.45. The van der Waals surface area contributed by atoms with E-state index in [1.807, 2.05) is 18.2 Å². The Bertz CT molecular complexity index is 354. The van der Waals surface area contributed by atoms with Crippen LogP contribution < -0.4 is 5.73 Å². The number of hydrogen-bond donors (Lipinski definition) is 1. The fourth-order valence-corrected chi connectivity index (χ4v) is 1.17. The summed E-state index contributed by atoms with van der Waals surface area (Å²) in [5.41, 5.74) is 6.33. The molecule has 0 atom stereocenters. The van der Waals surface area contributed by atoms with Gasteiger partial charge in [0, 0.05) is 31.9 Å². The van der Waals surface area contributed by atoms with E-state index in [0.29, 0.717) is 6.54 Å². The quantitative estimate of drug-likeness (QED) is 0.800. The molecule has 0 spiro atoms. The van der Waals surface area contributed by atoms with Gasteiger partial charge in [0.2, 0.25) is 0 Å². The summed E-state index contributed by atoms with van der Waals surface area (Å²) in [4.78, 5) is 17.0. The third-order valence-corrected chi connectivity index (χ3v) is 2.05. The van der Waals surface area contributed by atoms with Crippen LogP contribution >= 0.6 is 12.4 Å². The van der Waals surface area contributed by atoms with Crippen molar-refractivity contribution in [3.05, 3.63) is 42.4 Å². The third kappa shape index (κ3) is 4.31. The number of pyridine rings is 1. The zero-order valence-corrected chi connectivity index (χ0v) is 10.0. The topological polar surface area (TPSA) is 59.2 Å². The number of halogens is 1. The van der Waals surface area contributed by atoms with Crippen LogP contribution in [0.1, 0.15) is 5.69 Å². The Morgan fingerprint density at radius 2 is 2.25 bits per heavy atom. The summed E-state index contributed by atoms with van der Waals surface area (Å²) in [6.45, 7) is 3.99. The second-order valence-corrected chi connectivity index (χ2v) is 3.32. The van der Waals surface area contributed by atoms with E-state index < -0.39 is 0 Å². The van der Waals surface area contributed by atoms with Crippen LogP contribution in [0.25, 0.3) is 0 Å². The number of nitrogens with zero attached hydrogens (tertiary/aromatic N) is 2. The number of rotatable bonds is 4. The van der Waals surface area contributed by atoms with Crippen molar-refractivity contribution in [3.8, 4) is 0 Å². The molecule has 1 aromatic heterocycles. The lowest BCUT2D eigenvalue weighted by Gasteiger charge is -2.16. The van der Waals surface area contributed by atoms with Gasteiger partial charge in [0.25, 0.3) is 5.91 Å². The molecule has 0 bridgehead atoms. The zero-order valence-electron chi connectivity index (χ0n) is 9.22. The first-order chi connectivity index (χ1) is 7.11. The van der Waals surface area contributed by atoms with E-state index in [9.17, 15) is 4.79 Å². The minimum atomic E-state index is -0.231. The molecule has 1 amide bonds. The number of carbonyl (C=O) groups is 1. The highest BCUT2D eigenvalue weighted by molar-refractivity contribution is 5.91. The molecule has 4 nitrogen and oxygen atoms in total. The molecule has 0 saturated heterocycles. The van der Waals surface area contributed by atoms with Crippen LogP contribution in [0.15, 0.2) is 36.7 Å². The van der Waals surface area contributed by atoms with Gasteiger partial charge in [-0.25, -0.2) is 0 Å². The molecule has 0 aromatic carbocycles. The number of carbonyl (C=O) groups excluding carboxylic acids is 1. The van der Waals surface area contributed by atoms with E-state index in [2.05, 4.69) is 11.6 Å². The molecule has 16 heavy (non-hydrogen) atoms. The van der Waals surface area contributed by atoms with Gasteiger partial charge in [-0.15, -0.1) is 12.4 Å². The van der Waals surface area contributed by atoms with Crippen LogP contribution in [-0.4, -0.2) is 29.4 Å². The molecular weight excluding hydrogens is 226 g/mol. The van der Waals surface area contributed by atoms with E-state index in [4.69, 9.17) is 5.73 Å². The van der Waals surface area contributed by atoms with E-state index >= 15 is 0 Å².